The third-order valence-electron chi connectivity index (χ3n) is 3.01. The van der Waals surface area contributed by atoms with Crippen LogP contribution in [0.5, 0.6) is 0 Å². The Morgan fingerprint density at radius 3 is 2.48 bits per heavy atom. The number of carbonyl (C=O) groups excluding carboxylic acids is 1. The number of rotatable bonds is 4. The molecule has 0 saturated heterocycles. The molecule has 2 rings (SSSR count). The van der Waals surface area contributed by atoms with Gasteiger partial charge in [-0.1, -0.05) is 5.21 Å². The highest BCUT2D eigenvalue weighted by atomic mass is 16.5. The van der Waals surface area contributed by atoms with Gasteiger partial charge in [-0.25, -0.2) is 9.48 Å². The van der Waals surface area contributed by atoms with Crippen molar-refractivity contribution >= 4 is 11.7 Å². The quantitative estimate of drug-likeness (QED) is 0.875. The van der Waals surface area contributed by atoms with Gasteiger partial charge in [0.05, 0.1) is 31.0 Å². The van der Waals surface area contributed by atoms with Gasteiger partial charge in [0.2, 0.25) is 0 Å². The number of methoxy groups -OCH3 is 1. The average molecular weight is 288 g/mol. The highest BCUT2D eigenvalue weighted by Gasteiger charge is 2.14. The van der Waals surface area contributed by atoms with E-state index in [1.54, 1.807) is 12.1 Å². The summed E-state index contributed by atoms with van der Waals surface area (Å²) >= 11 is 0. The van der Waals surface area contributed by atoms with Crippen LogP contribution in [-0.2, 0) is 16.8 Å². The standard InChI is InChI=1S/C15H20N4O2/c1-15(2,3)19-10-13(17-18-19)9-16-12-7-5-11(6-8-12)14(20)21-4/h5-8,10,16H,9H2,1-4H3. The van der Waals surface area contributed by atoms with E-state index in [0.717, 1.165) is 11.4 Å². The van der Waals surface area contributed by atoms with Gasteiger partial charge in [0.15, 0.2) is 0 Å². The minimum atomic E-state index is -0.338. The molecule has 2 aromatic rings. The number of nitrogens with zero attached hydrogens (tertiary/aromatic N) is 3. The summed E-state index contributed by atoms with van der Waals surface area (Å²) < 4.78 is 6.50. The molecule has 0 amide bonds. The first kappa shape index (κ1) is 15.0. The van der Waals surface area contributed by atoms with Crippen LogP contribution >= 0.6 is 0 Å². The Morgan fingerprint density at radius 1 is 1.29 bits per heavy atom. The maximum Gasteiger partial charge on any atom is 0.337 e. The van der Waals surface area contributed by atoms with Crippen molar-refractivity contribution < 1.29 is 9.53 Å². The summed E-state index contributed by atoms with van der Waals surface area (Å²) in [6.07, 6.45) is 1.93. The molecule has 0 unspecified atom stereocenters. The van der Waals surface area contributed by atoms with Crippen LogP contribution in [0.2, 0.25) is 0 Å². The van der Waals surface area contributed by atoms with E-state index < -0.39 is 0 Å². The second-order valence-electron chi connectivity index (χ2n) is 5.75. The zero-order chi connectivity index (χ0) is 15.5. The van der Waals surface area contributed by atoms with Crippen molar-refractivity contribution in [3.63, 3.8) is 0 Å². The van der Waals surface area contributed by atoms with Crippen LogP contribution in [0.15, 0.2) is 30.5 Å². The second kappa shape index (κ2) is 5.95. The first-order chi connectivity index (χ1) is 9.90. The SMILES string of the molecule is COC(=O)c1ccc(NCc2cn(C(C)(C)C)nn2)cc1. The van der Waals surface area contributed by atoms with Crippen molar-refractivity contribution in [2.45, 2.75) is 32.9 Å². The monoisotopic (exact) mass is 288 g/mol. The van der Waals surface area contributed by atoms with Crippen molar-refractivity contribution in [1.82, 2.24) is 15.0 Å². The topological polar surface area (TPSA) is 69.0 Å². The van der Waals surface area contributed by atoms with Gasteiger partial charge in [-0.05, 0) is 45.0 Å². The lowest BCUT2D eigenvalue weighted by molar-refractivity contribution is 0.0601. The largest absolute Gasteiger partial charge is 0.465 e. The lowest BCUT2D eigenvalue weighted by Gasteiger charge is -2.17. The van der Waals surface area contributed by atoms with Crippen molar-refractivity contribution in [3.8, 4) is 0 Å². The molecule has 0 aliphatic rings. The number of carbonyl (C=O) groups is 1. The van der Waals surface area contributed by atoms with Crippen LogP contribution in [0.3, 0.4) is 0 Å². The molecule has 0 aliphatic heterocycles. The lowest BCUT2D eigenvalue weighted by Crippen LogP contribution is -2.22. The molecule has 0 radical (unpaired) electrons. The Hall–Kier alpha value is -2.37. The summed E-state index contributed by atoms with van der Waals surface area (Å²) in [7, 11) is 1.37. The van der Waals surface area contributed by atoms with Gasteiger partial charge in [0.1, 0.15) is 5.69 Å². The minimum Gasteiger partial charge on any atom is -0.465 e. The summed E-state index contributed by atoms with van der Waals surface area (Å²) in [6, 6.07) is 7.11. The van der Waals surface area contributed by atoms with Gasteiger partial charge in [0, 0.05) is 5.69 Å². The third-order valence-corrected chi connectivity index (χ3v) is 3.01. The first-order valence-electron chi connectivity index (χ1n) is 6.74. The Balaban J connectivity index is 1.97. The van der Waals surface area contributed by atoms with E-state index in [1.165, 1.54) is 7.11 Å². The number of anilines is 1. The van der Waals surface area contributed by atoms with Crippen molar-refractivity contribution in [3.05, 3.63) is 41.7 Å². The summed E-state index contributed by atoms with van der Waals surface area (Å²) in [5.74, 6) is -0.338. The number of hydrogen-bond acceptors (Lipinski definition) is 5. The number of aromatic nitrogens is 3. The van der Waals surface area contributed by atoms with Crippen LogP contribution < -0.4 is 5.32 Å². The Bertz CT molecular complexity index is 611. The fourth-order valence-corrected chi connectivity index (χ4v) is 1.74. The van der Waals surface area contributed by atoms with Crippen molar-refractivity contribution in [2.24, 2.45) is 0 Å². The van der Waals surface area contributed by atoms with Gasteiger partial charge in [0.25, 0.3) is 0 Å². The molecular weight excluding hydrogens is 268 g/mol. The van der Waals surface area contributed by atoms with Gasteiger partial charge in [-0.15, -0.1) is 5.10 Å². The zero-order valence-electron chi connectivity index (χ0n) is 12.8. The van der Waals surface area contributed by atoms with E-state index in [2.05, 4.69) is 41.1 Å². The molecule has 1 aromatic carbocycles. The number of esters is 1. The van der Waals surface area contributed by atoms with E-state index in [0.29, 0.717) is 12.1 Å². The predicted molar refractivity (Wildman–Crippen MR) is 80.1 cm³/mol. The predicted octanol–water partition coefficient (Wildman–Crippen LogP) is 2.43. The molecular formula is C15H20N4O2. The number of benzene rings is 1. The molecule has 0 atom stereocenters. The minimum absolute atomic E-state index is 0.0760. The van der Waals surface area contributed by atoms with Crippen LogP contribution in [-0.4, -0.2) is 28.1 Å². The normalized spacial score (nSPS) is 11.2. The fraction of sp³-hybridized carbons (Fsp3) is 0.400. The molecule has 6 heteroatoms. The van der Waals surface area contributed by atoms with E-state index in [1.807, 2.05) is 23.0 Å². The summed E-state index contributed by atoms with van der Waals surface area (Å²) in [6.45, 7) is 6.80. The smallest absolute Gasteiger partial charge is 0.337 e. The Morgan fingerprint density at radius 2 is 1.95 bits per heavy atom. The molecule has 0 bridgehead atoms. The second-order valence-corrected chi connectivity index (χ2v) is 5.75. The van der Waals surface area contributed by atoms with Crippen LogP contribution in [0.4, 0.5) is 5.69 Å². The van der Waals surface area contributed by atoms with Crippen LogP contribution in [0.1, 0.15) is 36.8 Å². The van der Waals surface area contributed by atoms with Crippen LogP contribution in [0, 0.1) is 0 Å². The number of nitrogens with one attached hydrogen (secondary N) is 1. The highest BCUT2D eigenvalue weighted by molar-refractivity contribution is 5.89. The van der Waals surface area contributed by atoms with Crippen molar-refractivity contribution in [2.75, 3.05) is 12.4 Å². The highest BCUT2D eigenvalue weighted by Crippen LogP contribution is 2.14. The molecule has 6 nitrogen and oxygen atoms in total. The van der Waals surface area contributed by atoms with Crippen molar-refractivity contribution in [1.29, 1.82) is 0 Å². The fourth-order valence-electron chi connectivity index (χ4n) is 1.74. The summed E-state index contributed by atoms with van der Waals surface area (Å²) in [5, 5.41) is 11.5. The summed E-state index contributed by atoms with van der Waals surface area (Å²) in [4.78, 5) is 11.3. The first-order valence-corrected chi connectivity index (χ1v) is 6.74. The van der Waals surface area contributed by atoms with E-state index >= 15 is 0 Å². The molecule has 0 fully saturated rings. The van der Waals surface area contributed by atoms with Gasteiger partial charge in [-0.3, -0.25) is 0 Å². The Kier molecular flexibility index (Phi) is 4.26. The van der Waals surface area contributed by atoms with Gasteiger partial charge in [-0.2, -0.15) is 0 Å². The number of hydrogen-bond donors (Lipinski definition) is 1. The molecule has 0 aliphatic carbocycles. The van der Waals surface area contributed by atoms with Gasteiger partial charge < -0.3 is 10.1 Å². The molecule has 21 heavy (non-hydrogen) atoms. The maximum atomic E-state index is 11.3. The molecule has 0 spiro atoms. The van der Waals surface area contributed by atoms with Gasteiger partial charge >= 0.3 is 5.97 Å². The van der Waals surface area contributed by atoms with E-state index in [9.17, 15) is 4.79 Å². The molecule has 0 saturated carbocycles. The maximum absolute atomic E-state index is 11.3. The lowest BCUT2D eigenvalue weighted by atomic mass is 10.1. The van der Waals surface area contributed by atoms with Crippen LogP contribution in [0.25, 0.3) is 0 Å². The molecule has 1 aromatic heterocycles. The van der Waals surface area contributed by atoms with E-state index in [-0.39, 0.29) is 11.5 Å². The molecule has 112 valence electrons. The average Bonchev–Trinajstić information content (AvgIpc) is 2.94. The third kappa shape index (κ3) is 3.81. The Labute approximate surface area is 124 Å². The molecule has 1 N–H and O–H groups in total. The van der Waals surface area contributed by atoms with E-state index in [4.69, 9.17) is 0 Å². The molecule has 1 heterocycles. The summed E-state index contributed by atoms with van der Waals surface area (Å²) in [5.41, 5.74) is 2.23. The number of ether oxygens (including phenoxy) is 1. The zero-order valence-corrected chi connectivity index (χ0v) is 12.8.